The van der Waals surface area contributed by atoms with E-state index in [1.54, 1.807) is 12.1 Å². The molecule has 0 fully saturated rings. The maximum atomic E-state index is 12.8. The monoisotopic (exact) mass is 304 g/mol. The molecule has 0 bridgehead atoms. The van der Waals surface area contributed by atoms with E-state index in [4.69, 9.17) is 10.5 Å². The van der Waals surface area contributed by atoms with E-state index in [1.807, 2.05) is 13.0 Å². The Bertz CT molecular complexity index is 527. The number of rotatable bonds is 4. The highest BCUT2D eigenvalue weighted by Crippen LogP contribution is 2.30. The molecule has 0 radical (unpaired) electrons. The van der Waals surface area contributed by atoms with Gasteiger partial charge in [0.25, 0.3) is 5.91 Å². The molecule has 0 heterocycles. The van der Waals surface area contributed by atoms with Crippen LogP contribution in [0.1, 0.15) is 18.1 Å². The maximum Gasteiger partial charge on any atom is 0.415 e. The third-order valence-corrected chi connectivity index (χ3v) is 3.22. The van der Waals surface area contributed by atoms with Crippen LogP contribution in [0, 0.1) is 6.92 Å². The van der Waals surface area contributed by atoms with Gasteiger partial charge in [-0.25, -0.2) is 0 Å². The first-order chi connectivity index (χ1) is 9.50. The second-order valence-electron chi connectivity index (χ2n) is 5.18. The average molecular weight is 304 g/mol. The molecule has 21 heavy (non-hydrogen) atoms. The fourth-order valence-electron chi connectivity index (χ4n) is 1.88. The molecule has 1 aromatic carbocycles. The Hall–Kier alpha value is -1.76. The lowest BCUT2D eigenvalue weighted by molar-refractivity contribution is -0.193. The summed E-state index contributed by atoms with van der Waals surface area (Å²) in [6, 6.07) is 5.27. The first-order valence-corrected chi connectivity index (χ1v) is 6.25. The summed E-state index contributed by atoms with van der Waals surface area (Å²) in [5, 5.41) is 0. The number of likely N-dealkylation sites (N-methyl/N-ethyl adjacent to an activating group) is 1. The smallest absolute Gasteiger partial charge is 0.415 e. The van der Waals surface area contributed by atoms with Gasteiger partial charge in [-0.1, -0.05) is 17.7 Å². The van der Waals surface area contributed by atoms with E-state index in [9.17, 15) is 18.0 Å². The molecule has 0 spiro atoms. The third kappa shape index (κ3) is 3.66. The second-order valence-corrected chi connectivity index (χ2v) is 5.18. The second kappa shape index (κ2) is 5.93. The number of amides is 1. The van der Waals surface area contributed by atoms with Crippen LogP contribution in [0.25, 0.3) is 0 Å². The fourth-order valence-corrected chi connectivity index (χ4v) is 1.88. The molecule has 1 atom stereocenters. The van der Waals surface area contributed by atoms with Crippen LogP contribution in [0.3, 0.4) is 0 Å². The first kappa shape index (κ1) is 17.3. The largest absolute Gasteiger partial charge is 0.496 e. The molecular weight excluding hydrogens is 285 g/mol. The van der Waals surface area contributed by atoms with Crippen LogP contribution in [0.4, 0.5) is 13.2 Å². The maximum absolute atomic E-state index is 12.8. The summed E-state index contributed by atoms with van der Waals surface area (Å²) >= 11 is 0. The van der Waals surface area contributed by atoms with Gasteiger partial charge in [0.05, 0.1) is 7.11 Å². The lowest BCUT2D eigenvalue weighted by atomic mass is 10.0. The number of benzene rings is 1. The Kier molecular flexibility index (Phi) is 4.88. The van der Waals surface area contributed by atoms with Crippen molar-refractivity contribution in [1.29, 1.82) is 0 Å². The number of ether oxygens (including phenoxy) is 1. The van der Waals surface area contributed by atoms with Crippen LogP contribution in [-0.2, 0) is 11.3 Å². The van der Waals surface area contributed by atoms with Crippen LogP contribution in [0.2, 0.25) is 0 Å². The predicted octanol–water partition coefficient (Wildman–Crippen LogP) is 2.24. The van der Waals surface area contributed by atoms with E-state index in [1.165, 1.54) is 14.2 Å². The summed E-state index contributed by atoms with van der Waals surface area (Å²) in [5.74, 6) is -0.690. The number of hydrogen-bond donors (Lipinski definition) is 1. The van der Waals surface area contributed by atoms with Gasteiger partial charge in [-0.05, 0) is 19.9 Å². The van der Waals surface area contributed by atoms with Crippen molar-refractivity contribution in [2.24, 2.45) is 5.73 Å². The van der Waals surface area contributed by atoms with Crippen molar-refractivity contribution in [1.82, 2.24) is 4.90 Å². The van der Waals surface area contributed by atoms with Crippen molar-refractivity contribution in [2.45, 2.75) is 32.1 Å². The lowest BCUT2D eigenvalue weighted by Crippen LogP contribution is -2.61. The highest BCUT2D eigenvalue weighted by atomic mass is 19.4. The molecule has 0 saturated heterocycles. The van der Waals surface area contributed by atoms with E-state index in [0.29, 0.717) is 18.2 Å². The number of carbonyl (C=O) groups excluding carboxylic acids is 1. The minimum atomic E-state index is -4.81. The highest BCUT2D eigenvalue weighted by Gasteiger charge is 2.54. The van der Waals surface area contributed by atoms with Gasteiger partial charge in [-0.15, -0.1) is 0 Å². The molecule has 1 rings (SSSR count). The molecule has 0 aliphatic carbocycles. The number of carbonyl (C=O) groups is 1. The van der Waals surface area contributed by atoms with Gasteiger partial charge in [0, 0.05) is 19.2 Å². The van der Waals surface area contributed by atoms with Gasteiger partial charge >= 0.3 is 6.18 Å². The van der Waals surface area contributed by atoms with Gasteiger partial charge in [0.2, 0.25) is 0 Å². The van der Waals surface area contributed by atoms with Gasteiger partial charge in [-0.3, -0.25) is 4.79 Å². The normalized spacial score (nSPS) is 14.5. The van der Waals surface area contributed by atoms with Crippen LogP contribution >= 0.6 is 0 Å². The Morgan fingerprint density at radius 1 is 1.38 bits per heavy atom. The number of nitrogens with zero attached hydrogens (tertiary/aromatic N) is 1. The molecule has 0 aromatic heterocycles. The predicted molar refractivity (Wildman–Crippen MR) is 72.9 cm³/mol. The summed E-state index contributed by atoms with van der Waals surface area (Å²) in [5.41, 5.74) is 3.76. The minimum absolute atomic E-state index is 0.0213. The molecule has 0 saturated carbocycles. The van der Waals surface area contributed by atoms with Crippen LogP contribution in [-0.4, -0.2) is 36.7 Å². The van der Waals surface area contributed by atoms with Crippen molar-refractivity contribution < 1.29 is 22.7 Å². The van der Waals surface area contributed by atoms with Crippen molar-refractivity contribution in [3.05, 3.63) is 29.3 Å². The first-order valence-electron chi connectivity index (χ1n) is 6.25. The zero-order valence-corrected chi connectivity index (χ0v) is 12.4. The van der Waals surface area contributed by atoms with Crippen LogP contribution in [0.15, 0.2) is 18.2 Å². The number of methoxy groups -OCH3 is 1. The summed E-state index contributed by atoms with van der Waals surface area (Å²) < 4.78 is 43.5. The molecule has 118 valence electrons. The number of halogens is 3. The minimum Gasteiger partial charge on any atom is -0.496 e. The Labute approximate surface area is 121 Å². The number of alkyl halides is 3. The summed E-state index contributed by atoms with van der Waals surface area (Å²) in [6.07, 6.45) is -4.81. The quantitative estimate of drug-likeness (QED) is 0.928. The third-order valence-electron chi connectivity index (χ3n) is 3.22. The molecule has 1 unspecified atom stereocenters. The average Bonchev–Trinajstić information content (AvgIpc) is 2.36. The molecule has 4 nitrogen and oxygen atoms in total. The Morgan fingerprint density at radius 3 is 2.43 bits per heavy atom. The Morgan fingerprint density at radius 2 is 1.95 bits per heavy atom. The van der Waals surface area contributed by atoms with E-state index in [-0.39, 0.29) is 6.54 Å². The van der Waals surface area contributed by atoms with Gasteiger partial charge in [0.15, 0.2) is 5.54 Å². The standard InChI is InChI=1S/C14H19F3N2O2/c1-9-5-6-11(21-4)10(7-9)8-19(3)12(20)13(2,18)14(15,16)17/h5-7H,8,18H2,1-4H3. The summed E-state index contributed by atoms with van der Waals surface area (Å²) in [4.78, 5) is 12.9. The molecule has 1 amide bonds. The Balaban J connectivity index is 2.99. The molecular formula is C14H19F3N2O2. The number of aryl methyl sites for hydroxylation is 1. The molecule has 0 aliphatic heterocycles. The number of hydrogen-bond acceptors (Lipinski definition) is 3. The SMILES string of the molecule is COc1ccc(C)cc1CN(C)C(=O)C(C)(N)C(F)(F)F. The zero-order valence-electron chi connectivity index (χ0n) is 12.4. The zero-order chi connectivity index (χ0) is 16.4. The molecule has 2 N–H and O–H groups in total. The van der Waals surface area contributed by atoms with Crippen molar-refractivity contribution in [3.63, 3.8) is 0 Å². The van der Waals surface area contributed by atoms with Crippen molar-refractivity contribution in [3.8, 4) is 5.75 Å². The van der Waals surface area contributed by atoms with E-state index >= 15 is 0 Å². The fraction of sp³-hybridized carbons (Fsp3) is 0.500. The topological polar surface area (TPSA) is 55.6 Å². The van der Waals surface area contributed by atoms with E-state index in [0.717, 1.165) is 10.5 Å². The molecule has 0 aliphatic rings. The van der Waals surface area contributed by atoms with E-state index < -0.39 is 17.6 Å². The van der Waals surface area contributed by atoms with Crippen LogP contribution < -0.4 is 10.5 Å². The molecule has 7 heteroatoms. The van der Waals surface area contributed by atoms with Gasteiger partial charge in [0.1, 0.15) is 5.75 Å². The highest BCUT2D eigenvalue weighted by molar-refractivity contribution is 5.86. The van der Waals surface area contributed by atoms with Crippen molar-refractivity contribution in [2.75, 3.05) is 14.2 Å². The van der Waals surface area contributed by atoms with Gasteiger partial charge < -0.3 is 15.4 Å². The molecule has 1 aromatic rings. The van der Waals surface area contributed by atoms with E-state index in [2.05, 4.69) is 0 Å². The van der Waals surface area contributed by atoms with Crippen molar-refractivity contribution >= 4 is 5.91 Å². The number of nitrogens with two attached hydrogens (primary N) is 1. The summed E-state index contributed by atoms with van der Waals surface area (Å²) in [6.45, 7) is 2.49. The lowest BCUT2D eigenvalue weighted by Gasteiger charge is -2.31. The summed E-state index contributed by atoms with van der Waals surface area (Å²) in [7, 11) is 2.74. The van der Waals surface area contributed by atoms with Gasteiger partial charge in [-0.2, -0.15) is 13.2 Å². The van der Waals surface area contributed by atoms with Crippen LogP contribution in [0.5, 0.6) is 5.75 Å².